The first kappa shape index (κ1) is 41.9. The van der Waals surface area contributed by atoms with E-state index in [1.807, 2.05) is 30.3 Å². The van der Waals surface area contributed by atoms with Crippen molar-refractivity contribution in [2.24, 2.45) is 0 Å². The van der Waals surface area contributed by atoms with Gasteiger partial charge in [0.25, 0.3) is 0 Å². The van der Waals surface area contributed by atoms with Crippen LogP contribution in [0, 0.1) is 0 Å². The van der Waals surface area contributed by atoms with Crippen molar-refractivity contribution >= 4 is 17.7 Å². The van der Waals surface area contributed by atoms with Crippen LogP contribution in [0.5, 0.6) is 0 Å². The molecular formula is C33H62NO7PS. The molecule has 0 aliphatic rings. The molecule has 10 heteroatoms. The summed E-state index contributed by atoms with van der Waals surface area (Å²) in [5.74, 6) is -1.22. The summed E-state index contributed by atoms with van der Waals surface area (Å²) in [6.07, 6.45) is 22.6. The van der Waals surface area contributed by atoms with E-state index in [4.69, 9.17) is 9.84 Å². The Morgan fingerprint density at radius 3 is 1.67 bits per heavy atom. The third-order valence-corrected chi connectivity index (χ3v) is 9.52. The number of sulfonamides is 1. The molecule has 0 fully saturated rings. The van der Waals surface area contributed by atoms with Gasteiger partial charge in [-0.05, 0) is 18.4 Å². The van der Waals surface area contributed by atoms with Crippen LogP contribution < -0.4 is 4.72 Å². The number of ether oxygens (including phenoxy) is 1. The van der Waals surface area contributed by atoms with Crippen molar-refractivity contribution in [3.8, 4) is 0 Å². The maximum Gasteiger partial charge on any atom is 0.347 e. The monoisotopic (exact) mass is 647 g/mol. The van der Waals surface area contributed by atoms with E-state index in [1.54, 1.807) is 0 Å². The third-order valence-electron chi connectivity index (χ3n) is 7.36. The lowest BCUT2D eigenvalue weighted by atomic mass is 10.0. The Hall–Kier alpha value is -1.09. The molecule has 1 aromatic rings. The molecule has 0 radical (unpaired) electrons. The second kappa shape index (κ2) is 29.6. The first-order valence-electron chi connectivity index (χ1n) is 16.8. The summed E-state index contributed by atoms with van der Waals surface area (Å²) >= 11 is 0. The van der Waals surface area contributed by atoms with Gasteiger partial charge in [0.1, 0.15) is 0 Å². The highest BCUT2D eigenvalue weighted by Crippen LogP contribution is 2.14. The number of hydrogen-bond acceptors (Lipinski definition) is 7. The molecule has 2 atom stereocenters. The normalized spacial score (nSPS) is 12.8. The van der Waals surface area contributed by atoms with Gasteiger partial charge in [-0.15, -0.1) is 0 Å². The first-order chi connectivity index (χ1) is 20.8. The summed E-state index contributed by atoms with van der Waals surface area (Å²) in [6, 6.07) is 9.02. The Kier molecular flexibility index (Phi) is 28.9. The molecule has 0 amide bonds. The summed E-state index contributed by atoms with van der Waals surface area (Å²) in [5, 5.41) is 18.4. The van der Waals surface area contributed by atoms with Gasteiger partial charge in [-0.1, -0.05) is 153 Å². The number of rotatable bonds is 28. The van der Waals surface area contributed by atoms with Gasteiger partial charge in [0.15, 0.2) is 5.85 Å². The molecule has 0 bridgehead atoms. The molecule has 0 heterocycles. The number of aliphatic hydroxyl groups excluding tert-OH is 2. The highest BCUT2D eigenvalue weighted by molar-refractivity contribution is 7.89. The first-order valence-corrected chi connectivity index (χ1v) is 19.7. The van der Waals surface area contributed by atoms with Crippen LogP contribution in [-0.2, 0) is 30.5 Å². The Labute approximate surface area is 263 Å². The van der Waals surface area contributed by atoms with Gasteiger partial charge in [0.05, 0.1) is 25.6 Å². The van der Waals surface area contributed by atoms with Gasteiger partial charge in [-0.2, -0.15) is 0 Å². The summed E-state index contributed by atoms with van der Waals surface area (Å²) in [7, 11) is -6.08. The average Bonchev–Trinajstić information content (AvgIpc) is 2.99. The topological polar surface area (TPSA) is 130 Å². The predicted molar refractivity (Wildman–Crippen MR) is 177 cm³/mol. The lowest BCUT2D eigenvalue weighted by Gasteiger charge is -2.16. The highest BCUT2D eigenvalue weighted by Gasteiger charge is 2.16. The molecule has 0 aromatic heterocycles. The molecule has 43 heavy (non-hydrogen) atoms. The molecule has 0 spiro atoms. The molecule has 252 valence electrons. The zero-order valence-electron chi connectivity index (χ0n) is 27.1. The van der Waals surface area contributed by atoms with Crippen molar-refractivity contribution in [2.75, 3.05) is 19.0 Å². The molecule has 0 saturated carbocycles. The fraction of sp³-hybridized carbons (Fsp3) is 0.818. The number of nitrogens with one attached hydrogen (secondary N) is 1. The molecular weight excluding hydrogens is 585 g/mol. The number of hydrogen-bond donors (Lipinski definition) is 3. The second-order valence-electron chi connectivity index (χ2n) is 11.5. The standard InChI is InChI=1S/C24H51NO3S.C9H11O4P/c1-3-5-7-9-11-13-14-15-17-19-21-24(23-26)25-29(27,28)22-20-18-16-12-10-8-6-4-2;10-9(14(11)12)7-13-6-8-4-2-1-3-5-8/h24-26H,3-23H2,1-2H3;1-5,9-10H,6-7H2. The van der Waals surface area contributed by atoms with E-state index in [9.17, 15) is 22.7 Å². The molecule has 8 nitrogen and oxygen atoms in total. The molecule has 1 aromatic carbocycles. The lowest BCUT2D eigenvalue weighted by Crippen LogP contribution is -2.38. The molecule has 3 N–H and O–H groups in total. The minimum Gasteiger partial charge on any atom is -0.395 e. The van der Waals surface area contributed by atoms with Crippen molar-refractivity contribution in [3.63, 3.8) is 0 Å². The Balaban J connectivity index is 0.00000104. The quantitative estimate of drug-likeness (QED) is 0.0615. The summed E-state index contributed by atoms with van der Waals surface area (Å²) in [6.45, 7) is 4.48. The lowest BCUT2D eigenvalue weighted by molar-refractivity contribution is 0.0626. The number of unbranched alkanes of at least 4 members (excludes halogenated alkanes) is 16. The van der Waals surface area contributed by atoms with Crippen molar-refractivity contribution in [1.82, 2.24) is 4.72 Å². The fourth-order valence-electron chi connectivity index (χ4n) is 4.72. The van der Waals surface area contributed by atoms with Crippen LogP contribution in [0.3, 0.4) is 0 Å². The summed E-state index contributed by atoms with van der Waals surface area (Å²) in [4.78, 5) is 0. The van der Waals surface area contributed by atoms with Crippen molar-refractivity contribution < 1.29 is 32.5 Å². The van der Waals surface area contributed by atoms with Gasteiger partial charge in [0, 0.05) is 6.04 Å². The van der Waals surface area contributed by atoms with E-state index < -0.39 is 23.5 Å². The van der Waals surface area contributed by atoms with Crippen LogP contribution in [0.15, 0.2) is 30.3 Å². The fourth-order valence-corrected chi connectivity index (χ4v) is 6.35. The minimum atomic E-state index is -3.27. The van der Waals surface area contributed by atoms with E-state index in [2.05, 4.69) is 18.6 Å². The van der Waals surface area contributed by atoms with E-state index in [-0.39, 0.29) is 25.0 Å². The molecule has 0 aliphatic carbocycles. The number of benzene rings is 1. The SMILES string of the molecule is CCCCCCCCCCCCC(CO)NS(=O)(=O)CCCCCCCCCC.O=P(=O)C(O)COCc1ccccc1. The van der Waals surface area contributed by atoms with E-state index in [1.165, 1.54) is 83.5 Å². The highest BCUT2D eigenvalue weighted by atomic mass is 32.2. The van der Waals surface area contributed by atoms with E-state index in [0.29, 0.717) is 6.61 Å². The van der Waals surface area contributed by atoms with E-state index in [0.717, 1.165) is 44.1 Å². The van der Waals surface area contributed by atoms with Crippen LogP contribution in [0.1, 0.15) is 141 Å². The maximum absolute atomic E-state index is 12.2. The van der Waals surface area contributed by atoms with Gasteiger partial charge in [-0.25, -0.2) is 22.3 Å². The zero-order valence-corrected chi connectivity index (χ0v) is 28.8. The van der Waals surface area contributed by atoms with E-state index >= 15 is 0 Å². The molecule has 1 rings (SSSR count). The predicted octanol–water partition coefficient (Wildman–Crippen LogP) is 8.41. The Morgan fingerprint density at radius 2 is 1.21 bits per heavy atom. The largest absolute Gasteiger partial charge is 0.395 e. The summed E-state index contributed by atoms with van der Waals surface area (Å²) in [5.41, 5.74) is 0.945. The second-order valence-corrected chi connectivity index (χ2v) is 14.6. The van der Waals surface area contributed by atoms with Gasteiger partial charge in [0.2, 0.25) is 10.0 Å². The van der Waals surface area contributed by atoms with Gasteiger partial charge < -0.3 is 14.9 Å². The van der Waals surface area contributed by atoms with Crippen LogP contribution in [0.25, 0.3) is 0 Å². The molecule has 0 saturated heterocycles. The zero-order chi connectivity index (χ0) is 32.0. The molecule has 0 aliphatic heterocycles. The minimum absolute atomic E-state index is 0.103. The van der Waals surface area contributed by atoms with Crippen molar-refractivity contribution in [1.29, 1.82) is 0 Å². The summed E-state index contributed by atoms with van der Waals surface area (Å²) < 4.78 is 52.7. The smallest absolute Gasteiger partial charge is 0.347 e. The molecule has 2 unspecified atom stereocenters. The Morgan fingerprint density at radius 1 is 0.744 bits per heavy atom. The van der Waals surface area contributed by atoms with Crippen LogP contribution in [0.2, 0.25) is 0 Å². The van der Waals surface area contributed by atoms with Gasteiger partial charge in [-0.3, -0.25) is 0 Å². The van der Waals surface area contributed by atoms with Crippen molar-refractivity contribution in [3.05, 3.63) is 35.9 Å². The van der Waals surface area contributed by atoms with Crippen LogP contribution in [0.4, 0.5) is 0 Å². The number of aliphatic hydroxyl groups is 2. The van der Waals surface area contributed by atoms with Crippen LogP contribution >= 0.6 is 7.68 Å². The van der Waals surface area contributed by atoms with Crippen LogP contribution in [-0.4, -0.2) is 49.5 Å². The average molecular weight is 648 g/mol. The third kappa shape index (κ3) is 28.1. The maximum atomic E-state index is 12.2. The van der Waals surface area contributed by atoms with Gasteiger partial charge >= 0.3 is 7.68 Å². The van der Waals surface area contributed by atoms with Crippen molar-refractivity contribution in [2.45, 2.75) is 154 Å². The Bertz CT molecular complexity index is 905.